The molecular weight excluding hydrogens is 435 g/mol. The number of carbonyl (C=O) groups is 1. The van der Waals surface area contributed by atoms with E-state index in [1.54, 1.807) is 36.4 Å². The van der Waals surface area contributed by atoms with E-state index in [1.165, 1.54) is 37.4 Å². The molecule has 3 aromatic rings. The van der Waals surface area contributed by atoms with Gasteiger partial charge in [-0.05, 0) is 54.6 Å². The van der Waals surface area contributed by atoms with E-state index < -0.39 is 10.0 Å². The monoisotopic (exact) mass is 450 g/mol. The molecule has 150 valence electrons. The van der Waals surface area contributed by atoms with E-state index in [4.69, 9.17) is 27.9 Å². The van der Waals surface area contributed by atoms with Crippen molar-refractivity contribution in [2.75, 3.05) is 11.8 Å². The average molecular weight is 451 g/mol. The number of anilines is 1. The Morgan fingerprint density at radius 3 is 2.28 bits per heavy atom. The fourth-order valence-electron chi connectivity index (χ4n) is 2.45. The highest BCUT2D eigenvalue weighted by atomic mass is 35.5. The van der Waals surface area contributed by atoms with E-state index in [9.17, 15) is 13.2 Å². The Kier molecular flexibility index (Phi) is 6.32. The molecule has 0 heterocycles. The summed E-state index contributed by atoms with van der Waals surface area (Å²) in [6.45, 7) is 0. The van der Waals surface area contributed by atoms with Gasteiger partial charge in [0.05, 0.1) is 15.6 Å². The van der Waals surface area contributed by atoms with Crippen LogP contribution in [0.4, 0.5) is 5.69 Å². The zero-order valence-electron chi connectivity index (χ0n) is 15.1. The van der Waals surface area contributed by atoms with Gasteiger partial charge in [0, 0.05) is 17.6 Å². The minimum atomic E-state index is -3.91. The molecule has 0 atom stereocenters. The van der Waals surface area contributed by atoms with Crippen LogP contribution in [0.2, 0.25) is 10.0 Å². The summed E-state index contributed by atoms with van der Waals surface area (Å²) in [6, 6.07) is 16.9. The first-order chi connectivity index (χ1) is 13.8. The summed E-state index contributed by atoms with van der Waals surface area (Å²) in [7, 11) is -2.41. The number of carbonyl (C=O) groups excluding carboxylic acids is 1. The number of hydrogen-bond acceptors (Lipinski definition) is 4. The summed E-state index contributed by atoms with van der Waals surface area (Å²) in [6.07, 6.45) is 0. The number of nitrogens with one attached hydrogen (secondary N) is 2. The molecule has 2 N–H and O–H groups in total. The highest BCUT2D eigenvalue weighted by Gasteiger charge is 2.18. The van der Waals surface area contributed by atoms with Crippen molar-refractivity contribution in [2.45, 2.75) is 4.90 Å². The molecule has 0 aliphatic carbocycles. The summed E-state index contributed by atoms with van der Waals surface area (Å²) in [4.78, 5) is 11.6. The Hall–Kier alpha value is -2.74. The van der Waals surface area contributed by atoms with Gasteiger partial charge in [-0.15, -0.1) is 0 Å². The van der Waals surface area contributed by atoms with Gasteiger partial charge < -0.3 is 10.1 Å². The summed E-state index contributed by atoms with van der Waals surface area (Å²) in [5, 5.41) is 3.23. The van der Waals surface area contributed by atoms with E-state index in [1.807, 2.05) is 0 Å². The van der Waals surface area contributed by atoms with Crippen molar-refractivity contribution in [1.29, 1.82) is 0 Å². The van der Waals surface area contributed by atoms with Crippen molar-refractivity contribution in [1.82, 2.24) is 5.32 Å². The predicted octanol–water partition coefficient (Wildman–Crippen LogP) is 4.95. The number of sulfonamides is 1. The molecule has 0 aliphatic rings. The van der Waals surface area contributed by atoms with E-state index in [0.29, 0.717) is 21.4 Å². The topological polar surface area (TPSA) is 84.5 Å². The van der Waals surface area contributed by atoms with Crippen molar-refractivity contribution in [2.24, 2.45) is 0 Å². The summed E-state index contributed by atoms with van der Waals surface area (Å²) >= 11 is 12.0. The quantitative estimate of drug-likeness (QED) is 0.556. The highest BCUT2D eigenvalue weighted by molar-refractivity contribution is 7.92. The molecule has 0 spiro atoms. The highest BCUT2D eigenvalue weighted by Crippen LogP contribution is 2.35. The number of halogens is 2. The molecule has 0 saturated heterocycles. The van der Waals surface area contributed by atoms with Gasteiger partial charge in [0.15, 0.2) is 5.75 Å². The van der Waals surface area contributed by atoms with Crippen molar-refractivity contribution in [3.05, 3.63) is 82.3 Å². The third-order valence-electron chi connectivity index (χ3n) is 3.90. The second kappa shape index (κ2) is 8.73. The molecule has 0 saturated carbocycles. The summed E-state index contributed by atoms with van der Waals surface area (Å²) in [5.41, 5.74) is 0.585. The van der Waals surface area contributed by atoms with Crippen molar-refractivity contribution in [3.8, 4) is 11.5 Å². The second-order valence-electron chi connectivity index (χ2n) is 5.88. The van der Waals surface area contributed by atoms with Crippen LogP contribution >= 0.6 is 23.2 Å². The molecule has 0 fully saturated rings. The number of para-hydroxylation sites is 2. The molecule has 1 amide bonds. The van der Waals surface area contributed by atoms with Crippen LogP contribution in [0.15, 0.2) is 71.6 Å². The predicted molar refractivity (Wildman–Crippen MR) is 114 cm³/mol. The minimum Gasteiger partial charge on any atom is -0.454 e. The fraction of sp³-hybridized carbons (Fsp3) is 0.0500. The lowest BCUT2D eigenvalue weighted by Gasteiger charge is -2.14. The number of rotatable bonds is 6. The Bertz CT molecular complexity index is 1150. The molecule has 29 heavy (non-hydrogen) atoms. The minimum absolute atomic E-state index is 0.00415. The van der Waals surface area contributed by atoms with E-state index in [0.717, 1.165) is 0 Å². The van der Waals surface area contributed by atoms with Gasteiger partial charge >= 0.3 is 0 Å². The average Bonchev–Trinajstić information content (AvgIpc) is 2.70. The Morgan fingerprint density at radius 1 is 0.931 bits per heavy atom. The van der Waals surface area contributed by atoms with Gasteiger partial charge in [0.2, 0.25) is 0 Å². The van der Waals surface area contributed by atoms with Gasteiger partial charge in [-0.1, -0.05) is 35.3 Å². The van der Waals surface area contributed by atoms with Crippen LogP contribution in [0.3, 0.4) is 0 Å². The van der Waals surface area contributed by atoms with Crippen LogP contribution in [-0.2, 0) is 10.0 Å². The van der Waals surface area contributed by atoms with Gasteiger partial charge in [-0.3, -0.25) is 9.52 Å². The zero-order valence-corrected chi connectivity index (χ0v) is 17.5. The first-order valence-electron chi connectivity index (χ1n) is 8.37. The molecular formula is C20H16Cl2N2O4S. The molecule has 0 unspecified atom stereocenters. The lowest BCUT2D eigenvalue weighted by atomic mass is 10.2. The van der Waals surface area contributed by atoms with E-state index in [-0.39, 0.29) is 22.2 Å². The molecule has 3 rings (SSSR count). The van der Waals surface area contributed by atoms with Crippen LogP contribution < -0.4 is 14.8 Å². The largest absolute Gasteiger partial charge is 0.454 e. The van der Waals surface area contributed by atoms with Crippen LogP contribution in [0.5, 0.6) is 11.5 Å². The second-order valence-corrected chi connectivity index (χ2v) is 8.41. The number of amides is 1. The number of ether oxygens (including phenoxy) is 1. The van der Waals surface area contributed by atoms with Crippen LogP contribution in [0.1, 0.15) is 10.4 Å². The maximum atomic E-state index is 12.8. The Morgan fingerprint density at radius 2 is 1.62 bits per heavy atom. The van der Waals surface area contributed by atoms with E-state index >= 15 is 0 Å². The number of benzene rings is 3. The zero-order chi connectivity index (χ0) is 21.0. The number of hydrogen-bond donors (Lipinski definition) is 2. The summed E-state index contributed by atoms with van der Waals surface area (Å²) in [5.74, 6) is 0.292. The van der Waals surface area contributed by atoms with Crippen LogP contribution in [-0.4, -0.2) is 21.4 Å². The van der Waals surface area contributed by atoms with Crippen molar-refractivity contribution < 1.29 is 17.9 Å². The smallest absolute Gasteiger partial charge is 0.262 e. The Balaban J connectivity index is 1.87. The molecule has 0 aliphatic heterocycles. The molecule has 0 aromatic heterocycles. The van der Waals surface area contributed by atoms with Gasteiger partial charge in [0.1, 0.15) is 5.75 Å². The Labute approximate surface area is 178 Å². The van der Waals surface area contributed by atoms with Gasteiger partial charge in [0.25, 0.3) is 15.9 Å². The lowest BCUT2D eigenvalue weighted by Crippen LogP contribution is -2.18. The standard InChI is InChI=1S/C20H16Cl2N2O4S/c1-23-20(25)13-6-9-15(10-7-13)29(26,27)24-17-4-2-3-5-19(17)28-18-11-8-14(21)12-16(18)22/h2-12,24H,1H3,(H,23,25). The molecule has 0 bridgehead atoms. The third-order valence-corrected chi connectivity index (χ3v) is 5.81. The van der Waals surface area contributed by atoms with Crippen molar-refractivity contribution >= 4 is 44.8 Å². The van der Waals surface area contributed by atoms with Gasteiger partial charge in [-0.2, -0.15) is 0 Å². The molecule has 3 aromatic carbocycles. The maximum absolute atomic E-state index is 12.8. The molecule has 6 nitrogen and oxygen atoms in total. The maximum Gasteiger partial charge on any atom is 0.262 e. The third kappa shape index (κ3) is 5.00. The first-order valence-corrected chi connectivity index (χ1v) is 10.6. The fourth-order valence-corrected chi connectivity index (χ4v) is 3.97. The lowest BCUT2D eigenvalue weighted by molar-refractivity contribution is 0.0963. The van der Waals surface area contributed by atoms with Crippen LogP contribution in [0.25, 0.3) is 0 Å². The van der Waals surface area contributed by atoms with Crippen LogP contribution in [0, 0.1) is 0 Å². The van der Waals surface area contributed by atoms with E-state index in [2.05, 4.69) is 10.0 Å². The molecule has 0 radical (unpaired) electrons. The normalized spacial score (nSPS) is 11.0. The van der Waals surface area contributed by atoms with Gasteiger partial charge in [-0.25, -0.2) is 8.42 Å². The first kappa shape index (κ1) is 21.0. The van der Waals surface area contributed by atoms with Crippen molar-refractivity contribution in [3.63, 3.8) is 0 Å². The molecule has 9 heteroatoms. The summed E-state index contributed by atoms with van der Waals surface area (Å²) < 4.78 is 33.8. The SMILES string of the molecule is CNC(=O)c1ccc(S(=O)(=O)Nc2ccccc2Oc2ccc(Cl)cc2Cl)cc1.